The number of aromatic nitrogens is 1. The summed E-state index contributed by atoms with van der Waals surface area (Å²) < 4.78 is 7.00. The molecule has 2 aromatic rings. The fourth-order valence-corrected chi connectivity index (χ4v) is 2.92. The summed E-state index contributed by atoms with van der Waals surface area (Å²) in [6.07, 6.45) is 2.84. The van der Waals surface area contributed by atoms with Crippen LogP contribution in [0, 0.1) is 6.92 Å². The summed E-state index contributed by atoms with van der Waals surface area (Å²) >= 11 is 0. The summed E-state index contributed by atoms with van der Waals surface area (Å²) in [5.41, 5.74) is 2.06. The molecule has 5 heteroatoms. The maximum Gasteiger partial charge on any atom is 0.312 e. The normalized spacial score (nSPS) is 17.8. The molecule has 1 atom stereocenters. The summed E-state index contributed by atoms with van der Waals surface area (Å²) in [6, 6.07) is 5.11. The quantitative estimate of drug-likeness (QED) is 0.872. The van der Waals surface area contributed by atoms with Crippen molar-refractivity contribution in [1.82, 2.24) is 4.57 Å². The Morgan fingerprint density at radius 1 is 1.45 bits per heavy atom. The first-order valence-corrected chi connectivity index (χ1v) is 6.60. The highest BCUT2D eigenvalue weighted by Gasteiger charge is 2.31. The van der Waals surface area contributed by atoms with E-state index in [0.29, 0.717) is 18.7 Å². The summed E-state index contributed by atoms with van der Waals surface area (Å²) in [5.74, 6) is -1.27. The Morgan fingerprint density at radius 2 is 2.25 bits per heavy atom. The van der Waals surface area contributed by atoms with Crippen molar-refractivity contribution in [2.45, 2.75) is 32.2 Å². The molecule has 0 fully saturated rings. The molecule has 0 radical (unpaired) electrons. The minimum atomic E-state index is -0.833. The van der Waals surface area contributed by atoms with Gasteiger partial charge in [-0.05, 0) is 43.5 Å². The van der Waals surface area contributed by atoms with Crippen molar-refractivity contribution >= 4 is 11.8 Å². The van der Waals surface area contributed by atoms with Gasteiger partial charge in [-0.1, -0.05) is 0 Å². The first-order valence-electron chi connectivity index (χ1n) is 6.60. The van der Waals surface area contributed by atoms with Crippen LogP contribution in [0.5, 0.6) is 0 Å². The third-order valence-electron chi connectivity index (χ3n) is 3.81. The van der Waals surface area contributed by atoms with Crippen molar-refractivity contribution in [1.29, 1.82) is 0 Å². The van der Waals surface area contributed by atoms with E-state index in [1.807, 2.05) is 17.6 Å². The predicted molar refractivity (Wildman–Crippen MR) is 70.9 cm³/mol. The van der Waals surface area contributed by atoms with Crippen molar-refractivity contribution < 1.29 is 19.1 Å². The second-order valence-corrected chi connectivity index (χ2v) is 5.09. The zero-order chi connectivity index (χ0) is 14.3. The van der Waals surface area contributed by atoms with E-state index in [9.17, 15) is 14.7 Å². The molecule has 20 heavy (non-hydrogen) atoms. The van der Waals surface area contributed by atoms with Gasteiger partial charge in [-0.2, -0.15) is 0 Å². The van der Waals surface area contributed by atoms with Crippen LogP contribution in [0.25, 0.3) is 0 Å². The molecule has 0 bridgehead atoms. The first-order chi connectivity index (χ1) is 9.59. The Morgan fingerprint density at radius 3 is 2.90 bits per heavy atom. The molecule has 0 saturated heterocycles. The molecule has 0 spiro atoms. The SMILES string of the molecule is Cc1cc2n(c1C(=O)c1ccco1)CCCC2C(=O)O. The minimum absolute atomic E-state index is 0.190. The number of carboxylic acid groups (broad SMARTS) is 1. The summed E-state index contributed by atoms with van der Waals surface area (Å²) in [5, 5.41) is 9.29. The number of fused-ring (bicyclic) bond motifs is 1. The fraction of sp³-hybridized carbons (Fsp3) is 0.333. The molecule has 104 valence electrons. The molecule has 2 aromatic heterocycles. The lowest BCUT2D eigenvalue weighted by molar-refractivity contribution is -0.139. The molecule has 1 unspecified atom stereocenters. The summed E-state index contributed by atoms with van der Waals surface area (Å²) in [6.45, 7) is 2.51. The lowest BCUT2D eigenvalue weighted by atomic mass is 9.96. The second-order valence-electron chi connectivity index (χ2n) is 5.09. The van der Waals surface area contributed by atoms with Gasteiger partial charge >= 0.3 is 5.97 Å². The molecule has 0 aromatic carbocycles. The van der Waals surface area contributed by atoms with Crippen LogP contribution in [-0.4, -0.2) is 21.4 Å². The van der Waals surface area contributed by atoms with Gasteiger partial charge in [-0.25, -0.2) is 0 Å². The molecule has 0 amide bonds. The minimum Gasteiger partial charge on any atom is -0.481 e. The Bertz CT molecular complexity index is 666. The number of ketones is 1. The monoisotopic (exact) mass is 273 g/mol. The highest BCUT2D eigenvalue weighted by Crippen LogP contribution is 2.32. The van der Waals surface area contributed by atoms with Crippen molar-refractivity contribution in [3.63, 3.8) is 0 Å². The van der Waals surface area contributed by atoms with Gasteiger partial charge in [0.15, 0.2) is 5.76 Å². The number of nitrogens with zero attached hydrogens (tertiary/aromatic N) is 1. The van der Waals surface area contributed by atoms with Gasteiger partial charge in [0.25, 0.3) is 0 Å². The molecular formula is C15H15NO4. The highest BCUT2D eigenvalue weighted by molar-refractivity contribution is 6.07. The Kier molecular flexibility index (Phi) is 2.97. The Balaban J connectivity index is 2.10. The van der Waals surface area contributed by atoms with Gasteiger partial charge in [0.2, 0.25) is 5.78 Å². The number of hydrogen-bond donors (Lipinski definition) is 1. The van der Waals surface area contributed by atoms with Crippen LogP contribution in [0.4, 0.5) is 0 Å². The topological polar surface area (TPSA) is 72.4 Å². The molecule has 1 aliphatic rings. The lowest BCUT2D eigenvalue weighted by Crippen LogP contribution is -2.23. The largest absolute Gasteiger partial charge is 0.481 e. The average molecular weight is 273 g/mol. The van der Waals surface area contributed by atoms with Crippen molar-refractivity contribution in [2.24, 2.45) is 0 Å². The van der Waals surface area contributed by atoms with Crippen molar-refractivity contribution in [3.05, 3.63) is 47.2 Å². The van der Waals surface area contributed by atoms with E-state index < -0.39 is 11.9 Å². The smallest absolute Gasteiger partial charge is 0.312 e. The van der Waals surface area contributed by atoms with Gasteiger partial charge in [-0.3, -0.25) is 9.59 Å². The van der Waals surface area contributed by atoms with Crippen LogP contribution < -0.4 is 0 Å². The number of furan rings is 1. The van der Waals surface area contributed by atoms with E-state index >= 15 is 0 Å². The van der Waals surface area contributed by atoms with Gasteiger partial charge in [0.1, 0.15) is 0 Å². The fourth-order valence-electron chi connectivity index (χ4n) is 2.92. The number of hydrogen-bond acceptors (Lipinski definition) is 3. The van der Waals surface area contributed by atoms with Crippen LogP contribution in [0.15, 0.2) is 28.9 Å². The summed E-state index contributed by atoms with van der Waals surface area (Å²) in [7, 11) is 0. The Labute approximate surface area is 115 Å². The molecule has 0 saturated carbocycles. The predicted octanol–water partition coefficient (Wildman–Crippen LogP) is 2.58. The van der Waals surface area contributed by atoms with Crippen molar-refractivity contribution in [3.8, 4) is 0 Å². The second kappa shape index (κ2) is 4.67. The standard InChI is InChI=1S/C15H15NO4/c1-9-8-11-10(15(18)19)4-2-6-16(11)13(9)14(17)12-5-3-7-20-12/h3,5,7-8,10H,2,4,6H2,1H3,(H,18,19). The first kappa shape index (κ1) is 12.7. The van der Waals surface area contributed by atoms with E-state index in [4.69, 9.17) is 4.42 Å². The molecule has 5 nitrogen and oxygen atoms in total. The Hall–Kier alpha value is -2.30. The number of aryl methyl sites for hydroxylation is 1. The number of carbonyl (C=O) groups is 2. The third kappa shape index (κ3) is 1.86. The van der Waals surface area contributed by atoms with E-state index in [1.165, 1.54) is 6.26 Å². The average Bonchev–Trinajstić information content (AvgIpc) is 3.03. The zero-order valence-electron chi connectivity index (χ0n) is 11.1. The van der Waals surface area contributed by atoms with Gasteiger partial charge in [0.05, 0.1) is 17.9 Å². The number of aliphatic carboxylic acids is 1. The molecule has 1 aliphatic heterocycles. The van der Waals surface area contributed by atoms with Crippen LogP contribution in [0.2, 0.25) is 0 Å². The molecule has 3 heterocycles. The zero-order valence-corrected chi connectivity index (χ0v) is 11.1. The molecular weight excluding hydrogens is 258 g/mol. The molecule has 1 N–H and O–H groups in total. The van der Waals surface area contributed by atoms with Crippen LogP contribution in [0.3, 0.4) is 0 Å². The van der Waals surface area contributed by atoms with Gasteiger partial charge in [-0.15, -0.1) is 0 Å². The van der Waals surface area contributed by atoms with Crippen LogP contribution in [-0.2, 0) is 11.3 Å². The maximum atomic E-state index is 12.5. The van der Waals surface area contributed by atoms with E-state index in [2.05, 4.69) is 0 Å². The van der Waals surface area contributed by atoms with E-state index in [-0.39, 0.29) is 11.5 Å². The van der Waals surface area contributed by atoms with E-state index in [0.717, 1.165) is 17.7 Å². The van der Waals surface area contributed by atoms with Crippen molar-refractivity contribution in [2.75, 3.05) is 0 Å². The maximum absolute atomic E-state index is 12.5. The summed E-state index contributed by atoms with van der Waals surface area (Å²) in [4.78, 5) is 23.8. The van der Waals surface area contributed by atoms with Gasteiger partial charge < -0.3 is 14.1 Å². The van der Waals surface area contributed by atoms with Gasteiger partial charge in [0, 0.05) is 12.2 Å². The number of rotatable bonds is 3. The van der Waals surface area contributed by atoms with Crippen LogP contribution >= 0.6 is 0 Å². The van der Waals surface area contributed by atoms with Crippen LogP contribution in [0.1, 0.15) is 46.3 Å². The number of carbonyl (C=O) groups excluding carboxylic acids is 1. The number of carboxylic acids is 1. The third-order valence-corrected chi connectivity index (χ3v) is 3.81. The molecule has 3 rings (SSSR count). The van der Waals surface area contributed by atoms with E-state index in [1.54, 1.807) is 12.1 Å². The highest BCUT2D eigenvalue weighted by atomic mass is 16.4. The molecule has 0 aliphatic carbocycles. The lowest BCUT2D eigenvalue weighted by Gasteiger charge is -2.23.